The van der Waals surface area contributed by atoms with E-state index in [0.717, 1.165) is 12.8 Å². The lowest BCUT2D eigenvalue weighted by molar-refractivity contribution is 0.0369. The van der Waals surface area contributed by atoms with E-state index in [0.29, 0.717) is 23.2 Å². The van der Waals surface area contributed by atoms with Crippen molar-refractivity contribution in [2.45, 2.75) is 25.8 Å². The molecule has 0 bridgehead atoms. The van der Waals surface area contributed by atoms with Gasteiger partial charge in [0, 0.05) is 24.5 Å². The molecular formula is C26H23FN4O3. The van der Waals surface area contributed by atoms with E-state index in [1.807, 2.05) is 6.92 Å². The van der Waals surface area contributed by atoms with Crippen molar-refractivity contribution in [1.82, 2.24) is 19.8 Å². The maximum atomic E-state index is 14.1. The van der Waals surface area contributed by atoms with E-state index in [4.69, 9.17) is 0 Å². The number of hydrogen-bond acceptors (Lipinski definition) is 5. The fourth-order valence-corrected chi connectivity index (χ4v) is 4.85. The third-order valence-electron chi connectivity index (χ3n) is 6.64. The number of nitrogens with zero attached hydrogens (tertiary/aromatic N) is 4. The smallest absolute Gasteiger partial charge is 0.261 e. The molecule has 0 aliphatic carbocycles. The molecule has 1 saturated heterocycles. The molecule has 172 valence electrons. The second kappa shape index (κ2) is 8.78. The van der Waals surface area contributed by atoms with Gasteiger partial charge in [-0.25, -0.2) is 14.4 Å². The van der Waals surface area contributed by atoms with Crippen molar-refractivity contribution >= 4 is 17.7 Å². The predicted molar refractivity (Wildman–Crippen MR) is 122 cm³/mol. The lowest BCUT2D eigenvalue weighted by Gasteiger charge is -2.41. The van der Waals surface area contributed by atoms with Crippen molar-refractivity contribution in [3.8, 4) is 11.4 Å². The normalized spacial score (nSPS) is 19.9. The molecule has 2 atom stereocenters. The molecule has 0 N–H and O–H groups in total. The van der Waals surface area contributed by atoms with E-state index in [2.05, 4.69) is 9.97 Å². The molecule has 2 aliphatic rings. The highest BCUT2D eigenvalue weighted by atomic mass is 19.1. The van der Waals surface area contributed by atoms with E-state index < -0.39 is 5.82 Å². The third kappa shape index (κ3) is 3.75. The first-order valence-electron chi connectivity index (χ1n) is 11.3. The van der Waals surface area contributed by atoms with Gasteiger partial charge in [-0.1, -0.05) is 19.1 Å². The van der Waals surface area contributed by atoms with Gasteiger partial charge in [-0.3, -0.25) is 19.3 Å². The number of amides is 3. The third-order valence-corrected chi connectivity index (χ3v) is 6.64. The van der Waals surface area contributed by atoms with E-state index in [9.17, 15) is 18.8 Å². The summed E-state index contributed by atoms with van der Waals surface area (Å²) in [6.45, 7) is 2.61. The predicted octanol–water partition coefficient (Wildman–Crippen LogP) is 3.82. The van der Waals surface area contributed by atoms with Crippen molar-refractivity contribution in [3.63, 3.8) is 0 Å². The SMILES string of the molecule is C[C@@H]1CCCN(C(=O)c2ccc(F)cc2-c2ncccn2)C1CN1C(=O)c2ccccc2C1=O. The molecule has 0 radical (unpaired) electrons. The molecule has 8 heteroatoms. The first-order chi connectivity index (χ1) is 16.5. The summed E-state index contributed by atoms with van der Waals surface area (Å²) in [6, 6.07) is 12.0. The Morgan fingerprint density at radius 2 is 1.68 bits per heavy atom. The summed E-state index contributed by atoms with van der Waals surface area (Å²) < 4.78 is 14.1. The molecule has 1 fully saturated rings. The number of likely N-dealkylation sites (tertiary alicyclic amines) is 1. The van der Waals surface area contributed by atoms with Gasteiger partial charge < -0.3 is 4.90 Å². The van der Waals surface area contributed by atoms with Crippen LogP contribution in [0.3, 0.4) is 0 Å². The average molecular weight is 458 g/mol. The summed E-state index contributed by atoms with van der Waals surface area (Å²) in [5.41, 5.74) is 1.36. The first kappa shape index (κ1) is 21.9. The summed E-state index contributed by atoms with van der Waals surface area (Å²) >= 11 is 0. The van der Waals surface area contributed by atoms with Crippen LogP contribution in [0, 0.1) is 11.7 Å². The van der Waals surface area contributed by atoms with Crippen LogP contribution in [0.2, 0.25) is 0 Å². The highest BCUT2D eigenvalue weighted by Crippen LogP contribution is 2.31. The number of hydrogen-bond donors (Lipinski definition) is 0. The Balaban J connectivity index is 1.47. The molecule has 1 aromatic heterocycles. The number of carbonyl (C=O) groups excluding carboxylic acids is 3. The topological polar surface area (TPSA) is 83.5 Å². The van der Waals surface area contributed by atoms with Crippen LogP contribution in [-0.4, -0.2) is 56.6 Å². The molecule has 3 aromatic rings. The standard InChI is InChI=1S/C26H23FN4O3/c1-16-6-4-13-30(22(16)15-31-25(33)18-7-2-3-8-19(18)26(31)34)24(32)20-10-9-17(27)14-21(20)23-28-11-5-12-29-23/h2-3,5,7-12,14,16,22H,4,6,13,15H2,1H3/t16-,22?/m1/s1. The Morgan fingerprint density at radius 1 is 1.00 bits per heavy atom. The van der Waals surface area contributed by atoms with Gasteiger partial charge in [0.2, 0.25) is 0 Å². The zero-order valence-electron chi connectivity index (χ0n) is 18.6. The van der Waals surface area contributed by atoms with Gasteiger partial charge in [0.25, 0.3) is 17.7 Å². The number of rotatable bonds is 4. The van der Waals surface area contributed by atoms with Crippen LogP contribution in [0.1, 0.15) is 50.8 Å². The van der Waals surface area contributed by atoms with Crippen LogP contribution in [0.15, 0.2) is 60.9 Å². The minimum absolute atomic E-state index is 0.0684. The second-order valence-corrected chi connectivity index (χ2v) is 8.71. The summed E-state index contributed by atoms with van der Waals surface area (Å²) in [5, 5.41) is 0. The molecule has 1 unspecified atom stereocenters. The Kier molecular flexibility index (Phi) is 5.65. The number of piperidine rings is 1. The molecular weight excluding hydrogens is 435 g/mol. The molecule has 2 aliphatic heterocycles. The Hall–Kier alpha value is -3.94. The van der Waals surface area contributed by atoms with Crippen molar-refractivity contribution in [1.29, 1.82) is 0 Å². The Morgan fingerprint density at radius 3 is 2.35 bits per heavy atom. The molecule has 0 saturated carbocycles. The first-order valence-corrected chi connectivity index (χ1v) is 11.3. The number of carbonyl (C=O) groups is 3. The molecule has 2 aromatic carbocycles. The fourth-order valence-electron chi connectivity index (χ4n) is 4.85. The largest absolute Gasteiger partial charge is 0.334 e. The monoisotopic (exact) mass is 458 g/mol. The van der Waals surface area contributed by atoms with Crippen molar-refractivity contribution in [2.75, 3.05) is 13.1 Å². The Bertz CT molecular complexity index is 1250. The quantitative estimate of drug-likeness (QED) is 0.555. The van der Waals surface area contributed by atoms with Gasteiger partial charge in [0.05, 0.1) is 29.3 Å². The van der Waals surface area contributed by atoms with Crippen molar-refractivity contribution < 1.29 is 18.8 Å². The molecule has 0 spiro atoms. The maximum absolute atomic E-state index is 14.1. The molecule has 34 heavy (non-hydrogen) atoms. The Labute approximate surface area is 196 Å². The number of halogens is 1. The van der Waals surface area contributed by atoms with E-state index in [-0.39, 0.29) is 47.6 Å². The highest BCUT2D eigenvalue weighted by Gasteiger charge is 2.41. The van der Waals surface area contributed by atoms with Crippen LogP contribution >= 0.6 is 0 Å². The van der Waals surface area contributed by atoms with Crippen LogP contribution in [0.25, 0.3) is 11.4 Å². The van der Waals surface area contributed by atoms with Gasteiger partial charge in [-0.15, -0.1) is 0 Å². The number of fused-ring (bicyclic) bond motifs is 1. The molecule has 3 heterocycles. The minimum atomic E-state index is -0.492. The van der Waals surface area contributed by atoms with Crippen LogP contribution in [0.5, 0.6) is 0 Å². The zero-order valence-corrected chi connectivity index (χ0v) is 18.6. The van der Waals surface area contributed by atoms with Crippen LogP contribution in [-0.2, 0) is 0 Å². The van der Waals surface area contributed by atoms with Crippen molar-refractivity contribution in [3.05, 3.63) is 83.4 Å². The maximum Gasteiger partial charge on any atom is 0.261 e. The van der Waals surface area contributed by atoms with Crippen LogP contribution in [0.4, 0.5) is 4.39 Å². The molecule has 7 nitrogen and oxygen atoms in total. The summed E-state index contributed by atoms with van der Waals surface area (Å²) in [4.78, 5) is 51.0. The van der Waals surface area contributed by atoms with Crippen LogP contribution < -0.4 is 0 Å². The second-order valence-electron chi connectivity index (χ2n) is 8.71. The summed E-state index contributed by atoms with van der Waals surface area (Å²) in [5.74, 6) is -1.15. The number of aromatic nitrogens is 2. The highest BCUT2D eigenvalue weighted by molar-refractivity contribution is 6.21. The number of benzene rings is 2. The van der Waals surface area contributed by atoms with Gasteiger partial charge in [-0.2, -0.15) is 0 Å². The molecule has 5 rings (SSSR count). The van der Waals surface area contributed by atoms with Crippen molar-refractivity contribution in [2.24, 2.45) is 5.92 Å². The zero-order chi connectivity index (χ0) is 23.8. The minimum Gasteiger partial charge on any atom is -0.334 e. The fraction of sp³-hybridized carbons (Fsp3) is 0.269. The summed E-state index contributed by atoms with van der Waals surface area (Å²) in [6.07, 6.45) is 4.74. The molecule has 3 amide bonds. The van der Waals surface area contributed by atoms with Gasteiger partial charge in [0.15, 0.2) is 5.82 Å². The van der Waals surface area contributed by atoms with Gasteiger partial charge >= 0.3 is 0 Å². The average Bonchev–Trinajstić information content (AvgIpc) is 3.10. The number of imide groups is 1. The van der Waals surface area contributed by atoms with Gasteiger partial charge in [0.1, 0.15) is 5.82 Å². The summed E-state index contributed by atoms with van der Waals surface area (Å²) in [7, 11) is 0. The van der Waals surface area contributed by atoms with Gasteiger partial charge in [-0.05, 0) is 55.2 Å². The van der Waals surface area contributed by atoms with E-state index in [1.165, 1.54) is 35.5 Å². The lowest BCUT2D eigenvalue weighted by atomic mass is 9.89. The van der Waals surface area contributed by atoms with E-state index in [1.54, 1.807) is 35.2 Å². The lowest BCUT2D eigenvalue weighted by Crippen LogP contribution is -2.54. The van der Waals surface area contributed by atoms with E-state index >= 15 is 0 Å².